The van der Waals surface area contributed by atoms with Crippen LogP contribution in [-0.4, -0.2) is 51.0 Å². The molecule has 6 nitrogen and oxygen atoms in total. The zero-order valence-corrected chi connectivity index (χ0v) is 18.7. The van der Waals surface area contributed by atoms with E-state index in [1.165, 1.54) is 0 Å². The number of aliphatic hydroxyl groups is 3. The number of ketones is 3. The lowest BCUT2D eigenvalue weighted by molar-refractivity contribution is -0.130. The Kier molecular flexibility index (Phi) is 23.6. The van der Waals surface area contributed by atoms with Crippen LogP contribution >= 0.6 is 0 Å². The lowest BCUT2D eigenvalue weighted by Crippen LogP contribution is -2.23. The molecule has 0 aliphatic rings. The van der Waals surface area contributed by atoms with Gasteiger partial charge in [-0.25, -0.2) is 0 Å². The van der Waals surface area contributed by atoms with Crippen molar-refractivity contribution in [2.45, 2.75) is 107 Å². The van der Waals surface area contributed by atoms with Crippen LogP contribution in [0.1, 0.15) is 89.0 Å². The van der Waals surface area contributed by atoms with Crippen LogP contribution in [0.4, 0.5) is 0 Å². The van der Waals surface area contributed by atoms with Gasteiger partial charge in [0.05, 0.1) is 0 Å². The zero-order valence-electron chi connectivity index (χ0n) is 18.7. The van der Waals surface area contributed by atoms with Crippen molar-refractivity contribution in [3.05, 3.63) is 0 Å². The normalized spacial score (nSPS) is 13.4. The molecule has 6 heteroatoms. The molecule has 0 radical (unpaired) electrons. The first-order chi connectivity index (χ1) is 12.3. The van der Waals surface area contributed by atoms with Crippen LogP contribution in [0.15, 0.2) is 0 Å². The molecule has 28 heavy (non-hydrogen) atoms. The monoisotopic (exact) mass is 406 g/mol. The lowest BCUT2D eigenvalue weighted by Gasteiger charge is -2.07. The van der Waals surface area contributed by atoms with Crippen molar-refractivity contribution >= 4 is 17.3 Å². The van der Waals surface area contributed by atoms with Crippen molar-refractivity contribution in [3.8, 4) is 0 Å². The van der Waals surface area contributed by atoms with Crippen molar-refractivity contribution in [1.82, 2.24) is 0 Å². The molecule has 0 aliphatic heterocycles. The third kappa shape index (κ3) is 17.0. The summed E-state index contributed by atoms with van der Waals surface area (Å²) in [5.74, 6) is -0.299. The fraction of sp³-hybridized carbons (Fsp3) is 0.864. The summed E-state index contributed by atoms with van der Waals surface area (Å²) < 4.78 is 0. The van der Waals surface area contributed by atoms with Crippen molar-refractivity contribution in [3.63, 3.8) is 0 Å². The van der Waals surface area contributed by atoms with Crippen LogP contribution in [0, 0.1) is 17.8 Å². The highest BCUT2D eigenvalue weighted by Crippen LogP contribution is 2.03. The quantitative estimate of drug-likeness (QED) is 0.539. The predicted octanol–water partition coefficient (Wildman–Crippen LogP) is 3.58. The number of hydrogen-bond donors (Lipinski definition) is 3. The van der Waals surface area contributed by atoms with Gasteiger partial charge in [-0.05, 0) is 19.3 Å². The molecule has 170 valence electrons. The highest BCUT2D eigenvalue weighted by Gasteiger charge is 2.16. The molecule has 0 amide bonds. The average molecular weight is 407 g/mol. The van der Waals surface area contributed by atoms with Gasteiger partial charge in [0.1, 0.15) is 18.3 Å². The van der Waals surface area contributed by atoms with E-state index in [4.69, 9.17) is 15.3 Å². The minimum atomic E-state index is -0.745. The maximum absolute atomic E-state index is 10.8. The molecule has 0 heterocycles. The van der Waals surface area contributed by atoms with Gasteiger partial charge in [0.15, 0.2) is 17.3 Å². The van der Waals surface area contributed by atoms with Gasteiger partial charge in [-0.1, -0.05) is 69.7 Å². The highest BCUT2D eigenvalue weighted by atomic mass is 16.3. The number of hydrogen-bond acceptors (Lipinski definition) is 6. The Morgan fingerprint density at radius 1 is 0.536 bits per heavy atom. The van der Waals surface area contributed by atoms with Crippen molar-refractivity contribution in [2.75, 3.05) is 0 Å². The minimum Gasteiger partial charge on any atom is -0.385 e. The molecule has 0 spiro atoms. The maximum Gasteiger partial charge on any atom is 0.163 e. The van der Waals surface area contributed by atoms with Gasteiger partial charge in [-0.2, -0.15) is 0 Å². The van der Waals surface area contributed by atoms with E-state index in [1.807, 2.05) is 0 Å². The van der Waals surface area contributed by atoms with Crippen LogP contribution in [0.5, 0.6) is 0 Å². The first-order valence-electron chi connectivity index (χ1n) is 9.93. The van der Waals surface area contributed by atoms with E-state index in [9.17, 15) is 14.4 Å². The Morgan fingerprint density at radius 3 is 0.714 bits per heavy atom. The fourth-order valence-electron chi connectivity index (χ4n) is 1.76. The van der Waals surface area contributed by atoms with Gasteiger partial charge < -0.3 is 15.3 Å². The Morgan fingerprint density at radius 2 is 0.679 bits per heavy atom. The van der Waals surface area contributed by atoms with Gasteiger partial charge in [0.25, 0.3) is 0 Å². The number of Topliss-reactive ketones (excluding diaryl/α,β-unsaturated/α-hetero) is 3. The van der Waals surface area contributed by atoms with Crippen molar-refractivity contribution in [2.24, 2.45) is 17.8 Å². The molecule has 0 fully saturated rings. The van der Waals surface area contributed by atoms with Gasteiger partial charge >= 0.3 is 0 Å². The molecule has 0 saturated heterocycles. The number of carbonyl (C=O) groups excluding carboxylic acids is 3. The fourth-order valence-corrected chi connectivity index (χ4v) is 1.76. The molecule has 3 atom stereocenters. The van der Waals surface area contributed by atoms with E-state index in [-0.39, 0.29) is 42.5 Å². The first kappa shape index (κ1) is 34.4. The minimum absolute atomic E-state index is 0. The molecule has 0 aromatic rings. The summed E-state index contributed by atoms with van der Waals surface area (Å²) in [6.07, 6.45) is -0.662. The van der Waals surface area contributed by atoms with E-state index in [0.717, 1.165) is 0 Å². The number of rotatable bonds is 9. The smallest absolute Gasteiger partial charge is 0.163 e. The first-order valence-corrected chi connectivity index (χ1v) is 9.93. The van der Waals surface area contributed by atoms with E-state index in [2.05, 4.69) is 0 Å². The Bertz CT molecular complexity index is 353. The summed E-state index contributed by atoms with van der Waals surface area (Å²) in [4.78, 5) is 32.5. The Hall–Kier alpha value is -1.11. The summed E-state index contributed by atoms with van der Waals surface area (Å²) in [7, 11) is 0. The second kappa shape index (κ2) is 19.2. The summed E-state index contributed by atoms with van der Waals surface area (Å²) in [5.41, 5.74) is 0. The third-order valence-corrected chi connectivity index (χ3v) is 3.85. The number of aliphatic hydroxyl groups excluding tert-OH is 3. The van der Waals surface area contributed by atoms with Crippen molar-refractivity contribution in [1.29, 1.82) is 0 Å². The van der Waals surface area contributed by atoms with E-state index >= 15 is 0 Å². The van der Waals surface area contributed by atoms with Crippen LogP contribution in [-0.2, 0) is 14.4 Å². The average Bonchev–Trinajstić information content (AvgIpc) is 2.64. The maximum atomic E-state index is 10.8. The third-order valence-electron chi connectivity index (χ3n) is 3.85. The molecule has 1 unspecified atom stereocenters. The topological polar surface area (TPSA) is 112 Å². The van der Waals surface area contributed by atoms with Gasteiger partial charge in [-0.15, -0.1) is 0 Å². The van der Waals surface area contributed by atoms with E-state index < -0.39 is 18.3 Å². The van der Waals surface area contributed by atoms with Gasteiger partial charge in [-0.3, -0.25) is 14.4 Å². The van der Waals surface area contributed by atoms with Crippen molar-refractivity contribution < 1.29 is 29.7 Å². The molecule has 0 aromatic carbocycles. The second-order valence-corrected chi connectivity index (χ2v) is 7.44. The summed E-state index contributed by atoms with van der Waals surface area (Å²) in [6, 6.07) is 0. The molecule has 0 aliphatic carbocycles. The Balaban J connectivity index is -0.000000152. The number of carbonyl (C=O) groups is 3. The molecule has 3 N–H and O–H groups in total. The van der Waals surface area contributed by atoms with Crippen LogP contribution < -0.4 is 0 Å². The predicted molar refractivity (Wildman–Crippen MR) is 115 cm³/mol. The van der Waals surface area contributed by atoms with Crippen LogP contribution in [0.25, 0.3) is 0 Å². The largest absolute Gasteiger partial charge is 0.385 e. The molecule has 0 aromatic heterocycles. The van der Waals surface area contributed by atoms with Gasteiger partial charge in [0.2, 0.25) is 0 Å². The van der Waals surface area contributed by atoms with Gasteiger partial charge in [0, 0.05) is 17.8 Å². The summed E-state index contributed by atoms with van der Waals surface area (Å²) >= 11 is 0. The zero-order chi connectivity index (χ0) is 22.3. The van der Waals surface area contributed by atoms with Crippen LogP contribution in [0.2, 0.25) is 0 Å². The summed E-state index contributed by atoms with van der Waals surface area (Å²) in [6.45, 7) is 16.1. The van der Waals surface area contributed by atoms with Crippen LogP contribution in [0.3, 0.4) is 0 Å². The molecule has 0 bridgehead atoms. The standard InChI is InChI=1S/3C7H14O2.CH4/c3*1-4-6(8)7(9)5(2)3;/h3*5-6,8H,4H2,1-3H3;1H4/t2*6-;;/m10../s1. The lowest BCUT2D eigenvalue weighted by atomic mass is 10.0. The molecular weight excluding hydrogens is 360 g/mol. The highest BCUT2D eigenvalue weighted by molar-refractivity contribution is 5.85. The van der Waals surface area contributed by atoms with E-state index in [1.54, 1.807) is 62.3 Å². The SMILES string of the molecule is C.CCC(O)C(=O)C(C)C.CC[C@@H](O)C(=O)C(C)C.CC[C@H](O)C(=O)C(C)C. The molecular formula is C22H46O6. The molecule has 0 rings (SSSR count). The Labute approximate surface area is 172 Å². The summed E-state index contributed by atoms with van der Waals surface area (Å²) in [5, 5.41) is 26.8. The molecule has 0 saturated carbocycles. The second-order valence-electron chi connectivity index (χ2n) is 7.44. The van der Waals surface area contributed by atoms with E-state index in [0.29, 0.717) is 19.3 Å².